The number of benzene rings is 3. The maximum Gasteiger partial charge on any atom is 0.305 e. The van der Waals surface area contributed by atoms with E-state index >= 15 is 0 Å². The summed E-state index contributed by atoms with van der Waals surface area (Å²) in [7, 11) is 0. The number of carboxylic acids is 1. The highest BCUT2D eigenvalue weighted by molar-refractivity contribution is 5.91. The van der Waals surface area contributed by atoms with E-state index in [9.17, 15) is 47.9 Å². The SMILES string of the molecule is CC(=O)C[C@@H](C=O)NC(=O)[C@H](C)n1cccc(NC(=O)CCc2ccccc2)c1=O.O=C[C@H](CC(=O)O)NC(=O)Cn1c(Cc2ccccc2)ccc(NC(=O)CCc2ccccc2)c1=O. The summed E-state index contributed by atoms with van der Waals surface area (Å²) in [5.41, 5.74) is 2.40. The lowest BCUT2D eigenvalue weighted by Gasteiger charge is -2.18. The minimum atomic E-state index is -1.24. The Morgan fingerprint density at radius 1 is 0.606 bits per heavy atom. The molecule has 17 nitrogen and oxygen atoms in total. The molecule has 66 heavy (non-hydrogen) atoms. The zero-order valence-electron chi connectivity index (χ0n) is 36.5. The first kappa shape index (κ1) is 50.6. The fraction of sp³-hybridized carbons (Fsp3) is 0.265. The molecule has 0 saturated carbocycles. The number of aliphatic carboxylic acids is 1. The van der Waals surface area contributed by atoms with Gasteiger partial charge in [0.05, 0.1) is 18.5 Å². The number of carbonyl (C=O) groups excluding carboxylic acids is 7. The maximum atomic E-state index is 13.3. The second-order valence-electron chi connectivity index (χ2n) is 15.2. The second-order valence-corrected chi connectivity index (χ2v) is 15.2. The topological polar surface area (TPSA) is 249 Å². The molecule has 0 fully saturated rings. The minimum Gasteiger partial charge on any atom is -0.481 e. The van der Waals surface area contributed by atoms with Gasteiger partial charge in [-0.2, -0.15) is 0 Å². The van der Waals surface area contributed by atoms with Crippen molar-refractivity contribution in [1.29, 1.82) is 0 Å². The normalized spacial score (nSPS) is 11.8. The molecular formula is C49H52N6O11. The Kier molecular flexibility index (Phi) is 19.8. The average molecular weight is 901 g/mol. The smallest absolute Gasteiger partial charge is 0.305 e. The molecule has 0 aliphatic carbocycles. The van der Waals surface area contributed by atoms with Gasteiger partial charge in [-0.15, -0.1) is 0 Å². The van der Waals surface area contributed by atoms with Crippen LogP contribution in [-0.2, 0) is 64.2 Å². The van der Waals surface area contributed by atoms with Crippen molar-refractivity contribution in [3.63, 3.8) is 0 Å². The molecule has 0 aliphatic rings. The number of aryl methyl sites for hydroxylation is 2. The lowest BCUT2D eigenvalue weighted by atomic mass is 10.1. The van der Waals surface area contributed by atoms with Crippen LogP contribution in [0.1, 0.15) is 68.0 Å². The molecule has 344 valence electrons. The number of aldehydes is 2. The quantitative estimate of drug-likeness (QED) is 0.0625. The number of hydrogen-bond acceptors (Lipinski definition) is 10. The molecule has 4 amide bonds. The molecule has 0 saturated heterocycles. The van der Waals surface area contributed by atoms with Crippen LogP contribution in [0.2, 0.25) is 0 Å². The first-order chi connectivity index (χ1) is 31.7. The minimum absolute atomic E-state index is 0.0233. The molecule has 2 aromatic heterocycles. The highest BCUT2D eigenvalue weighted by Crippen LogP contribution is 2.13. The third-order valence-corrected chi connectivity index (χ3v) is 9.99. The number of nitrogens with one attached hydrogen (secondary N) is 4. The van der Waals surface area contributed by atoms with Crippen molar-refractivity contribution in [3.8, 4) is 0 Å². The van der Waals surface area contributed by atoms with Gasteiger partial charge in [-0.25, -0.2) is 0 Å². The predicted octanol–water partition coefficient (Wildman–Crippen LogP) is 3.81. The van der Waals surface area contributed by atoms with Crippen LogP contribution in [0.5, 0.6) is 0 Å². The van der Waals surface area contributed by atoms with E-state index in [4.69, 9.17) is 5.11 Å². The largest absolute Gasteiger partial charge is 0.481 e. The third kappa shape index (κ3) is 16.6. The zero-order chi connectivity index (χ0) is 48.0. The van der Waals surface area contributed by atoms with Crippen LogP contribution in [-0.4, -0.2) is 74.3 Å². The summed E-state index contributed by atoms with van der Waals surface area (Å²) < 4.78 is 2.38. The van der Waals surface area contributed by atoms with Crippen molar-refractivity contribution < 1.29 is 43.5 Å². The molecule has 3 atom stereocenters. The Hall–Kier alpha value is -8.08. The number of amides is 4. The van der Waals surface area contributed by atoms with Crippen LogP contribution >= 0.6 is 0 Å². The molecule has 2 heterocycles. The fourth-order valence-corrected chi connectivity index (χ4v) is 6.57. The number of pyridine rings is 2. The number of rotatable bonds is 22. The van der Waals surface area contributed by atoms with Crippen LogP contribution in [0.25, 0.3) is 0 Å². The summed E-state index contributed by atoms with van der Waals surface area (Å²) in [5.74, 6) is -3.41. The molecule has 5 aromatic rings. The van der Waals surface area contributed by atoms with E-state index in [1.807, 2.05) is 91.0 Å². The van der Waals surface area contributed by atoms with E-state index in [1.54, 1.807) is 12.1 Å². The summed E-state index contributed by atoms with van der Waals surface area (Å²) in [5, 5.41) is 18.9. The number of aromatic nitrogens is 2. The Bertz CT molecular complexity index is 2600. The second kappa shape index (κ2) is 25.9. The predicted molar refractivity (Wildman–Crippen MR) is 246 cm³/mol. The van der Waals surface area contributed by atoms with E-state index in [2.05, 4.69) is 21.3 Å². The van der Waals surface area contributed by atoms with Gasteiger partial charge in [0.15, 0.2) is 0 Å². The van der Waals surface area contributed by atoms with Crippen molar-refractivity contribution in [1.82, 2.24) is 19.8 Å². The van der Waals surface area contributed by atoms with Gasteiger partial charge in [0.1, 0.15) is 42.3 Å². The molecule has 5 rings (SSSR count). The summed E-state index contributed by atoms with van der Waals surface area (Å²) in [6.07, 6.45) is 3.33. The van der Waals surface area contributed by atoms with E-state index < -0.39 is 60.0 Å². The van der Waals surface area contributed by atoms with E-state index in [0.29, 0.717) is 37.5 Å². The molecule has 0 radical (unpaired) electrons. The highest BCUT2D eigenvalue weighted by atomic mass is 16.4. The number of ketones is 1. The molecule has 0 bridgehead atoms. The van der Waals surface area contributed by atoms with Crippen molar-refractivity contribution in [2.24, 2.45) is 0 Å². The van der Waals surface area contributed by atoms with E-state index in [-0.39, 0.29) is 48.2 Å². The number of Topliss-reactive ketones (excluding diaryl/α,β-unsaturated/α-hetero) is 1. The van der Waals surface area contributed by atoms with Crippen LogP contribution < -0.4 is 32.4 Å². The standard InChI is InChI=1S/C27H27N3O6.C22H25N3O5/c31-18-21(16-26(34)35)28-25(33)17-30-22(15-20-9-5-2-6-10-20)12-13-23(27(30)36)29-24(32)14-11-19-7-3-1-4-8-19;1-15(27)13-18(14-26)23-21(29)16(2)25-12-6-9-19(22(25)30)24-20(28)11-10-17-7-4-3-5-8-17/h1-10,12-13,18,21H,11,14-17H2,(H,28,33)(H,29,32)(H,34,35);3-9,12,14,16,18H,10-11,13H2,1-2H3,(H,23,29)(H,24,28)/t21-;16-,18-/m00/s1. The molecule has 0 spiro atoms. The lowest BCUT2D eigenvalue weighted by molar-refractivity contribution is -0.139. The average Bonchev–Trinajstić information content (AvgIpc) is 3.30. The van der Waals surface area contributed by atoms with Crippen molar-refractivity contribution >= 4 is 59.3 Å². The van der Waals surface area contributed by atoms with Crippen molar-refractivity contribution in [2.45, 2.75) is 83.5 Å². The van der Waals surface area contributed by atoms with Gasteiger partial charge in [0.2, 0.25) is 23.6 Å². The molecule has 0 unspecified atom stereocenters. The zero-order valence-corrected chi connectivity index (χ0v) is 36.5. The first-order valence-corrected chi connectivity index (χ1v) is 21.0. The van der Waals surface area contributed by atoms with Crippen LogP contribution in [0.4, 0.5) is 11.4 Å². The Labute approximate surface area is 380 Å². The Morgan fingerprint density at radius 3 is 1.61 bits per heavy atom. The molecule has 5 N–H and O–H groups in total. The fourth-order valence-electron chi connectivity index (χ4n) is 6.57. The molecule has 3 aromatic carbocycles. The van der Waals surface area contributed by atoms with Gasteiger partial charge in [0, 0.05) is 37.6 Å². The van der Waals surface area contributed by atoms with Gasteiger partial charge in [-0.05, 0) is 67.6 Å². The number of nitrogens with zero attached hydrogens (tertiary/aromatic N) is 2. The van der Waals surface area contributed by atoms with Gasteiger partial charge < -0.3 is 45.1 Å². The van der Waals surface area contributed by atoms with Crippen molar-refractivity contribution in [3.05, 3.63) is 165 Å². The highest BCUT2D eigenvalue weighted by Gasteiger charge is 2.22. The lowest BCUT2D eigenvalue weighted by Crippen LogP contribution is -2.42. The summed E-state index contributed by atoms with van der Waals surface area (Å²) in [6.45, 7) is 2.37. The number of carboxylic acid groups (broad SMARTS) is 1. The Balaban J connectivity index is 0.000000294. The van der Waals surface area contributed by atoms with E-state index in [0.717, 1.165) is 21.3 Å². The van der Waals surface area contributed by atoms with Gasteiger partial charge in [-0.3, -0.25) is 38.4 Å². The van der Waals surface area contributed by atoms with Crippen LogP contribution in [0.3, 0.4) is 0 Å². The molecule has 17 heteroatoms. The summed E-state index contributed by atoms with van der Waals surface area (Å²) in [4.78, 5) is 120. The maximum absolute atomic E-state index is 13.3. The summed E-state index contributed by atoms with van der Waals surface area (Å²) >= 11 is 0. The van der Waals surface area contributed by atoms with Gasteiger partial charge >= 0.3 is 5.97 Å². The van der Waals surface area contributed by atoms with Gasteiger partial charge in [-0.1, -0.05) is 91.0 Å². The first-order valence-electron chi connectivity index (χ1n) is 21.0. The molecular weight excluding hydrogens is 849 g/mol. The number of hydrogen-bond donors (Lipinski definition) is 5. The molecule has 0 aliphatic heterocycles. The monoisotopic (exact) mass is 900 g/mol. The van der Waals surface area contributed by atoms with Crippen LogP contribution in [0.15, 0.2) is 131 Å². The van der Waals surface area contributed by atoms with Crippen molar-refractivity contribution in [2.75, 3.05) is 10.6 Å². The van der Waals surface area contributed by atoms with Gasteiger partial charge in [0.25, 0.3) is 11.1 Å². The summed E-state index contributed by atoms with van der Waals surface area (Å²) in [6, 6.07) is 31.4. The number of anilines is 2. The Morgan fingerprint density at radius 2 is 1.11 bits per heavy atom. The third-order valence-electron chi connectivity index (χ3n) is 9.99. The van der Waals surface area contributed by atoms with E-state index in [1.165, 1.54) is 36.7 Å². The number of carbonyl (C=O) groups is 8. The van der Waals surface area contributed by atoms with Crippen LogP contribution in [0, 0.1) is 0 Å².